The quantitative estimate of drug-likeness (QED) is 0.454. The average Bonchev–Trinajstić information content (AvgIpc) is 2.68. The summed E-state index contributed by atoms with van der Waals surface area (Å²) in [7, 11) is -3.91. The fraction of sp³-hybridized carbons (Fsp3) is 0.105. The summed E-state index contributed by atoms with van der Waals surface area (Å²) >= 11 is 0. The Morgan fingerprint density at radius 1 is 1.07 bits per heavy atom. The molecule has 0 fully saturated rings. The van der Waals surface area contributed by atoms with Crippen molar-refractivity contribution in [3.05, 3.63) is 81.7 Å². The van der Waals surface area contributed by atoms with E-state index in [4.69, 9.17) is 0 Å². The monoisotopic (exact) mass is 427 g/mol. The number of hydrogen-bond donors (Lipinski definition) is 2. The van der Waals surface area contributed by atoms with Crippen LogP contribution in [-0.4, -0.2) is 29.2 Å². The molecule has 0 aliphatic rings. The van der Waals surface area contributed by atoms with Crippen LogP contribution in [0.1, 0.15) is 21.6 Å². The van der Waals surface area contributed by atoms with Gasteiger partial charge >= 0.3 is 0 Å². The maximum atomic E-state index is 12.5. The number of benzene rings is 2. The van der Waals surface area contributed by atoms with Crippen LogP contribution in [0.15, 0.2) is 59.6 Å². The van der Waals surface area contributed by atoms with E-state index in [0.717, 1.165) is 0 Å². The summed E-state index contributed by atoms with van der Waals surface area (Å²) in [6.45, 7) is 3.20. The Morgan fingerprint density at radius 2 is 1.77 bits per heavy atom. The number of carbonyl (C=O) groups is 1. The van der Waals surface area contributed by atoms with E-state index in [9.17, 15) is 23.3 Å². The van der Waals surface area contributed by atoms with E-state index < -0.39 is 20.9 Å². The van der Waals surface area contributed by atoms with Gasteiger partial charge in [0.1, 0.15) is 0 Å². The zero-order valence-electron chi connectivity index (χ0n) is 16.0. The van der Waals surface area contributed by atoms with Gasteiger partial charge in [-0.15, -0.1) is 0 Å². The van der Waals surface area contributed by atoms with E-state index in [-0.39, 0.29) is 27.7 Å². The second-order valence-electron chi connectivity index (χ2n) is 6.31. The number of anilines is 2. The van der Waals surface area contributed by atoms with Crippen molar-refractivity contribution in [1.82, 2.24) is 9.97 Å². The first-order valence-electron chi connectivity index (χ1n) is 8.65. The molecule has 10 nitrogen and oxygen atoms in total. The van der Waals surface area contributed by atoms with E-state index in [2.05, 4.69) is 20.0 Å². The lowest BCUT2D eigenvalue weighted by Gasteiger charge is -2.10. The van der Waals surface area contributed by atoms with Gasteiger partial charge in [0.2, 0.25) is 5.95 Å². The van der Waals surface area contributed by atoms with Crippen LogP contribution in [0, 0.1) is 24.0 Å². The van der Waals surface area contributed by atoms with Crippen molar-refractivity contribution >= 4 is 33.3 Å². The van der Waals surface area contributed by atoms with Crippen LogP contribution < -0.4 is 10.0 Å². The van der Waals surface area contributed by atoms with E-state index in [1.165, 1.54) is 55.6 Å². The number of hydrogen-bond acceptors (Lipinski definition) is 7. The smallest absolute Gasteiger partial charge is 0.273 e. The van der Waals surface area contributed by atoms with Crippen molar-refractivity contribution in [3.63, 3.8) is 0 Å². The molecule has 1 aromatic heterocycles. The third-order valence-corrected chi connectivity index (χ3v) is 5.53. The van der Waals surface area contributed by atoms with Crippen LogP contribution in [0.5, 0.6) is 0 Å². The zero-order valence-corrected chi connectivity index (χ0v) is 16.8. The van der Waals surface area contributed by atoms with Crippen LogP contribution in [0.25, 0.3) is 0 Å². The lowest BCUT2D eigenvalue weighted by atomic mass is 10.1. The van der Waals surface area contributed by atoms with Gasteiger partial charge in [-0.25, -0.2) is 23.1 Å². The summed E-state index contributed by atoms with van der Waals surface area (Å²) < 4.78 is 27.2. The van der Waals surface area contributed by atoms with Crippen LogP contribution in [0.3, 0.4) is 0 Å². The molecule has 0 aliphatic carbocycles. The van der Waals surface area contributed by atoms with E-state index >= 15 is 0 Å². The molecule has 0 saturated heterocycles. The van der Waals surface area contributed by atoms with Crippen molar-refractivity contribution in [2.45, 2.75) is 18.7 Å². The molecule has 0 saturated carbocycles. The van der Waals surface area contributed by atoms with E-state index in [1.807, 2.05) is 0 Å². The summed E-state index contributed by atoms with van der Waals surface area (Å²) in [5, 5.41) is 13.6. The van der Waals surface area contributed by atoms with Crippen molar-refractivity contribution in [2.24, 2.45) is 0 Å². The Kier molecular flexibility index (Phi) is 5.74. The molecule has 154 valence electrons. The van der Waals surface area contributed by atoms with Crippen molar-refractivity contribution in [1.29, 1.82) is 0 Å². The largest absolute Gasteiger partial charge is 0.322 e. The Labute approximate surface area is 172 Å². The highest BCUT2D eigenvalue weighted by molar-refractivity contribution is 7.92. The minimum atomic E-state index is -3.91. The molecular formula is C19H17N5O5S. The molecule has 0 aliphatic heterocycles. The average molecular weight is 427 g/mol. The molecule has 0 unspecified atom stereocenters. The summed E-state index contributed by atoms with van der Waals surface area (Å²) in [5.41, 5.74) is 1.17. The standard InChI is InChI=1S/C19H17N5O5S/c1-12-10-11-20-19(21-12)23-30(28,29)15-8-6-14(7-9-15)22-18(25)16-4-3-5-17(13(16)2)24(26)27/h3-11H,1-2H3,(H,22,25)(H,20,21,23). The van der Waals surface area contributed by atoms with Gasteiger partial charge in [-0.05, 0) is 50.2 Å². The van der Waals surface area contributed by atoms with Gasteiger partial charge in [0.15, 0.2) is 0 Å². The highest BCUT2D eigenvalue weighted by Crippen LogP contribution is 2.23. The third kappa shape index (κ3) is 4.58. The summed E-state index contributed by atoms with van der Waals surface area (Å²) in [4.78, 5) is 30.8. The second-order valence-corrected chi connectivity index (χ2v) is 7.99. The molecule has 0 spiro atoms. The first-order chi connectivity index (χ1) is 14.2. The fourth-order valence-corrected chi connectivity index (χ4v) is 3.61. The molecular weight excluding hydrogens is 410 g/mol. The van der Waals surface area contributed by atoms with Gasteiger partial charge < -0.3 is 5.32 Å². The maximum Gasteiger partial charge on any atom is 0.273 e. The number of nitro groups is 1. The molecule has 0 radical (unpaired) electrons. The van der Waals surface area contributed by atoms with Gasteiger partial charge in [-0.3, -0.25) is 14.9 Å². The molecule has 30 heavy (non-hydrogen) atoms. The Bertz CT molecular complexity index is 1230. The second kappa shape index (κ2) is 8.25. The number of sulfonamides is 1. The predicted octanol–water partition coefficient (Wildman–Crippen LogP) is 3.05. The fourth-order valence-electron chi connectivity index (χ4n) is 2.66. The summed E-state index contributed by atoms with van der Waals surface area (Å²) in [6.07, 6.45) is 1.44. The highest BCUT2D eigenvalue weighted by Gasteiger charge is 2.19. The normalized spacial score (nSPS) is 11.0. The molecule has 11 heteroatoms. The lowest BCUT2D eigenvalue weighted by Crippen LogP contribution is -2.16. The number of carbonyl (C=O) groups excluding carboxylic acids is 1. The third-order valence-electron chi connectivity index (χ3n) is 4.19. The molecule has 3 aromatic rings. The number of amides is 1. The Morgan fingerprint density at radius 3 is 2.40 bits per heavy atom. The van der Waals surface area contributed by atoms with Crippen LogP contribution in [0.4, 0.5) is 17.3 Å². The zero-order chi connectivity index (χ0) is 21.9. The number of aryl methyl sites for hydroxylation is 1. The van der Waals surface area contributed by atoms with Crippen molar-refractivity contribution < 1.29 is 18.1 Å². The molecule has 2 aromatic carbocycles. The minimum Gasteiger partial charge on any atom is -0.322 e. The van der Waals surface area contributed by atoms with E-state index in [0.29, 0.717) is 11.4 Å². The maximum absolute atomic E-state index is 12.5. The predicted molar refractivity (Wildman–Crippen MR) is 110 cm³/mol. The van der Waals surface area contributed by atoms with Gasteiger partial charge in [0.05, 0.1) is 9.82 Å². The molecule has 3 rings (SSSR count). The minimum absolute atomic E-state index is 0.0443. The highest BCUT2D eigenvalue weighted by atomic mass is 32.2. The van der Waals surface area contributed by atoms with Crippen LogP contribution >= 0.6 is 0 Å². The van der Waals surface area contributed by atoms with Crippen molar-refractivity contribution in [3.8, 4) is 0 Å². The molecule has 1 heterocycles. The van der Waals surface area contributed by atoms with Crippen molar-refractivity contribution in [2.75, 3.05) is 10.0 Å². The number of aromatic nitrogens is 2. The number of nitrogens with zero attached hydrogens (tertiary/aromatic N) is 3. The summed E-state index contributed by atoms with van der Waals surface area (Å²) in [5.74, 6) is -0.591. The Balaban J connectivity index is 1.77. The van der Waals surface area contributed by atoms with Crippen LogP contribution in [0.2, 0.25) is 0 Å². The molecule has 2 N–H and O–H groups in total. The number of nitrogens with one attached hydrogen (secondary N) is 2. The Hall–Kier alpha value is -3.86. The first kappa shape index (κ1) is 20.9. The van der Waals surface area contributed by atoms with Gasteiger partial charge in [-0.2, -0.15) is 0 Å². The van der Waals surface area contributed by atoms with Gasteiger partial charge in [0, 0.05) is 34.8 Å². The van der Waals surface area contributed by atoms with Gasteiger partial charge in [0.25, 0.3) is 21.6 Å². The summed E-state index contributed by atoms with van der Waals surface area (Å²) in [6, 6.07) is 11.3. The van der Waals surface area contributed by atoms with E-state index in [1.54, 1.807) is 13.0 Å². The molecule has 1 amide bonds. The topological polar surface area (TPSA) is 144 Å². The molecule has 0 bridgehead atoms. The number of rotatable bonds is 6. The van der Waals surface area contributed by atoms with Gasteiger partial charge in [-0.1, -0.05) is 6.07 Å². The SMILES string of the molecule is Cc1ccnc(NS(=O)(=O)c2ccc(NC(=O)c3cccc([N+](=O)[O-])c3C)cc2)n1. The first-order valence-corrected chi connectivity index (χ1v) is 10.1. The molecule has 0 atom stereocenters. The lowest BCUT2D eigenvalue weighted by molar-refractivity contribution is -0.385. The van der Waals surface area contributed by atoms with Crippen LogP contribution in [-0.2, 0) is 10.0 Å². The number of nitro benzene ring substituents is 1.